The fraction of sp³-hybridized carbons (Fsp3) is 0.294. The zero-order valence-corrected chi connectivity index (χ0v) is 11.6. The lowest BCUT2D eigenvalue weighted by Gasteiger charge is -2.28. The van der Waals surface area contributed by atoms with E-state index in [4.69, 9.17) is 19.6 Å². The van der Waals surface area contributed by atoms with Gasteiger partial charge in [0.05, 0.1) is 25.9 Å². The maximum atomic E-state index is 6.34. The van der Waals surface area contributed by atoms with Crippen molar-refractivity contribution >= 4 is 21.9 Å². The lowest BCUT2D eigenvalue weighted by Crippen LogP contribution is -2.37. The number of hydrogen-bond acceptors (Lipinski definition) is 4. The summed E-state index contributed by atoms with van der Waals surface area (Å²) < 4.78 is 17.0. The van der Waals surface area contributed by atoms with Crippen molar-refractivity contribution in [1.82, 2.24) is 0 Å². The normalized spacial score (nSPS) is 20.9. The second-order valence-corrected chi connectivity index (χ2v) is 5.36. The molecule has 0 aliphatic carbocycles. The number of fused-ring (bicyclic) bond motifs is 3. The highest BCUT2D eigenvalue weighted by molar-refractivity contribution is 6.05. The summed E-state index contributed by atoms with van der Waals surface area (Å²) in [7, 11) is 0. The summed E-state index contributed by atoms with van der Waals surface area (Å²) >= 11 is 0. The zero-order chi connectivity index (χ0) is 14.2. The first-order valence-electron chi connectivity index (χ1n) is 7.19. The lowest BCUT2D eigenvalue weighted by molar-refractivity contribution is -0.0975. The summed E-state index contributed by atoms with van der Waals surface area (Å²) in [6.07, 6.45) is -0.0886. The van der Waals surface area contributed by atoms with Crippen LogP contribution in [0.3, 0.4) is 0 Å². The van der Waals surface area contributed by atoms with Crippen molar-refractivity contribution < 1.29 is 13.9 Å². The van der Waals surface area contributed by atoms with Crippen molar-refractivity contribution in [2.75, 3.05) is 19.8 Å². The van der Waals surface area contributed by atoms with E-state index in [2.05, 4.69) is 12.1 Å². The number of hydrogen-bond donors (Lipinski definition) is 1. The highest BCUT2D eigenvalue weighted by atomic mass is 16.6. The summed E-state index contributed by atoms with van der Waals surface area (Å²) in [6.45, 7) is 1.80. The van der Waals surface area contributed by atoms with E-state index in [0.29, 0.717) is 19.8 Å². The molecule has 2 atom stereocenters. The van der Waals surface area contributed by atoms with Crippen LogP contribution in [0.1, 0.15) is 11.6 Å². The summed E-state index contributed by atoms with van der Waals surface area (Å²) in [6, 6.07) is 13.9. The third kappa shape index (κ3) is 2.21. The Bertz CT molecular complexity index is 774. The molecular weight excluding hydrogens is 266 g/mol. The highest BCUT2D eigenvalue weighted by Gasteiger charge is 2.24. The third-order valence-corrected chi connectivity index (χ3v) is 4.03. The number of para-hydroxylation sites is 1. The largest absolute Gasteiger partial charge is 0.456 e. The van der Waals surface area contributed by atoms with Crippen LogP contribution >= 0.6 is 0 Å². The van der Waals surface area contributed by atoms with Crippen molar-refractivity contribution in [2.45, 2.75) is 12.1 Å². The van der Waals surface area contributed by atoms with E-state index in [1.807, 2.05) is 30.3 Å². The molecule has 4 heteroatoms. The van der Waals surface area contributed by atoms with E-state index in [0.717, 1.165) is 27.5 Å². The van der Waals surface area contributed by atoms with Gasteiger partial charge in [-0.05, 0) is 23.8 Å². The molecule has 21 heavy (non-hydrogen) atoms. The minimum atomic E-state index is -0.191. The van der Waals surface area contributed by atoms with Crippen LogP contribution in [0.5, 0.6) is 0 Å². The van der Waals surface area contributed by atoms with Crippen LogP contribution < -0.4 is 5.73 Å². The molecule has 0 spiro atoms. The summed E-state index contributed by atoms with van der Waals surface area (Å²) in [5.74, 6) is 0. The molecule has 2 N–H and O–H groups in total. The van der Waals surface area contributed by atoms with Crippen LogP contribution in [0.4, 0.5) is 0 Å². The van der Waals surface area contributed by atoms with Crippen LogP contribution in [-0.2, 0) is 9.47 Å². The fourth-order valence-electron chi connectivity index (χ4n) is 2.88. The van der Waals surface area contributed by atoms with Crippen molar-refractivity contribution in [3.63, 3.8) is 0 Å². The SMILES string of the molecule is NC(c1ccc2oc3ccccc3c2c1)C1COCCO1. The third-order valence-electron chi connectivity index (χ3n) is 4.03. The van der Waals surface area contributed by atoms with Crippen LogP contribution in [0, 0.1) is 0 Å². The number of benzene rings is 2. The second-order valence-electron chi connectivity index (χ2n) is 5.36. The molecule has 1 aliphatic rings. The van der Waals surface area contributed by atoms with E-state index in [1.165, 1.54) is 0 Å². The molecular formula is C17H17NO3. The van der Waals surface area contributed by atoms with Crippen molar-refractivity contribution in [1.29, 1.82) is 0 Å². The smallest absolute Gasteiger partial charge is 0.135 e. The topological polar surface area (TPSA) is 57.6 Å². The molecule has 1 saturated heterocycles. The Labute approximate surface area is 122 Å². The Morgan fingerprint density at radius 2 is 1.86 bits per heavy atom. The molecule has 0 amide bonds. The van der Waals surface area contributed by atoms with Gasteiger partial charge in [0.2, 0.25) is 0 Å². The van der Waals surface area contributed by atoms with Gasteiger partial charge in [0.25, 0.3) is 0 Å². The van der Waals surface area contributed by atoms with Gasteiger partial charge in [-0.25, -0.2) is 0 Å². The molecule has 0 bridgehead atoms. The fourth-order valence-corrected chi connectivity index (χ4v) is 2.88. The zero-order valence-electron chi connectivity index (χ0n) is 11.6. The van der Waals surface area contributed by atoms with Crippen LogP contribution in [0.15, 0.2) is 46.9 Å². The predicted molar refractivity (Wildman–Crippen MR) is 81.2 cm³/mol. The molecule has 2 unspecified atom stereocenters. The van der Waals surface area contributed by atoms with E-state index >= 15 is 0 Å². The molecule has 2 heterocycles. The molecule has 3 aromatic rings. The summed E-state index contributed by atoms with van der Waals surface area (Å²) in [5, 5.41) is 2.21. The first-order chi connectivity index (χ1) is 10.3. The van der Waals surface area contributed by atoms with Crippen LogP contribution in [-0.4, -0.2) is 25.9 Å². The Hall–Kier alpha value is -1.88. The van der Waals surface area contributed by atoms with Gasteiger partial charge < -0.3 is 19.6 Å². The monoisotopic (exact) mass is 283 g/mol. The molecule has 1 fully saturated rings. The van der Waals surface area contributed by atoms with E-state index in [-0.39, 0.29) is 12.1 Å². The van der Waals surface area contributed by atoms with Gasteiger partial charge in [-0.2, -0.15) is 0 Å². The Kier molecular flexibility index (Phi) is 3.15. The second kappa shape index (κ2) is 5.15. The van der Waals surface area contributed by atoms with Gasteiger partial charge in [-0.3, -0.25) is 0 Å². The van der Waals surface area contributed by atoms with Gasteiger partial charge in [-0.15, -0.1) is 0 Å². The molecule has 1 aromatic heterocycles. The Morgan fingerprint density at radius 1 is 1.00 bits per heavy atom. The maximum Gasteiger partial charge on any atom is 0.135 e. The average Bonchev–Trinajstić information content (AvgIpc) is 2.93. The van der Waals surface area contributed by atoms with Gasteiger partial charge in [0.1, 0.15) is 17.3 Å². The number of ether oxygens (including phenoxy) is 2. The van der Waals surface area contributed by atoms with Crippen molar-refractivity contribution in [2.24, 2.45) is 5.73 Å². The van der Waals surface area contributed by atoms with Crippen molar-refractivity contribution in [3.8, 4) is 0 Å². The summed E-state index contributed by atoms with van der Waals surface area (Å²) in [4.78, 5) is 0. The predicted octanol–water partition coefficient (Wildman–Crippen LogP) is 3.00. The minimum Gasteiger partial charge on any atom is -0.456 e. The first-order valence-corrected chi connectivity index (χ1v) is 7.19. The molecule has 2 aromatic carbocycles. The number of rotatable bonds is 2. The molecule has 0 radical (unpaired) electrons. The van der Waals surface area contributed by atoms with E-state index in [9.17, 15) is 0 Å². The van der Waals surface area contributed by atoms with Crippen LogP contribution in [0.25, 0.3) is 21.9 Å². The first kappa shape index (κ1) is 12.8. The molecule has 0 saturated carbocycles. The lowest BCUT2D eigenvalue weighted by atomic mass is 10.00. The Balaban J connectivity index is 1.76. The van der Waals surface area contributed by atoms with Gasteiger partial charge in [-0.1, -0.05) is 24.3 Å². The van der Waals surface area contributed by atoms with Gasteiger partial charge in [0, 0.05) is 10.8 Å². The van der Waals surface area contributed by atoms with Gasteiger partial charge in [0.15, 0.2) is 0 Å². The van der Waals surface area contributed by atoms with E-state index < -0.39 is 0 Å². The molecule has 4 nitrogen and oxygen atoms in total. The molecule has 108 valence electrons. The van der Waals surface area contributed by atoms with Crippen molar-refractivity contribution in [3.05, 3.63) is 48.0 Å². The quantitative estimate of drug-likeness (QED) is 0.785. The minimum absolute atomic E-state index is 0.0886. The van der Waals surface area contributed by atoms with Gasteiger partial charge >= 0.3 is 0 Å². The highest BCUT2D eigenvalue weighted by Crippen LogP contribution is 2.31. The number of furan rings is 1. The standard InChI is InChI=1S/C17H17NO3/c18-17(16-10-19-7-8-20-16)11-5-6-15-13(9-11)12-3-1-2-4-14(12)21-15/h1-6,9,16-17H,7-8,10,18H2. The molecule has 1 aliphatic heterocycles. The molecule has 4 rings (SSSR count). The Morgan fingerprint density at radius 3 is 2.71 bits per heavy atom. The summed E-state index contributed by atoms with van der Waals surface area (Å²) in [5.41, 5.74) is 9.16. The maximum absolute atomic E-state index is 6.34. The number of nitrogens with two attached hydrogens (primary N) is 1. The average molecular weight is 283 g/mol. The van der Waals surface area contributed by atoms with E-state index in [1.54, 1.807) is 0 Å². The van der Waals surface area contributed by atoms with Crippen LogP contribution in [0.2, 0.25) is 0 Å².